The van der Waals surface area contributed by atoms with Crippen molar-refractivity contribution in [2.45, 2.75) is 11.3 Å². The minimum Gasteiger partial charge on any atom is -0.266 e. The highest BCUT2D eigenvalue weighted by Gasteiger charge is 2.31. The molecule has 1 aliphatic heterocycles. The molecule has 0 fully saturated rings. The molecule has 3 aromatic rings. The number of hydrogen-bond acceptors (Lipinski definition) is 5. The fourth-order valence-corrected chi connectivity index (χ4v) is 4.16. The van der Waals surface area contributed by atoms with Gasteiger partial charge in [0.25, 0.3) is 10.0 Å². The monoisotopic (exact) mass is 338 g/mol. The molecular weight excluding hydrogens is 324 g/mol. The van der Waals surface area contributed by atoms with Crippen molar-refractivity contribution in [2.75, 3.05) is 10.8 Å². The molecule has 6 nitrogen and oxygen atoms in total. The van der Waals surface area contributed by atoms with Crippen LogP contribution >= 0.6 is 0 Å². The summed E-state index contributed by atoms with van der Waals surface area (Å²) in [6.45, 7) is 0.407. The number of rotatable bonds is 3. The molecule has 120 valence electrons. The maximum atomic E-state index is 12.9. The maximum absolute atomic E-state index is 12.9. The first-order valence-electron chi connectivity index (χ1n) is 7.49. The van der Waals surface area contributed by atoms with E-state index in [1.807, 2.05) is 30.3 Å². The third-order valence-corrected chi connectivity index (χ3v) is 5.74. The largest absolute Gasteiger partial charge is 0.267 e. The molecule has 0 saturated heterocycles. The van der Waals surface area contributed by atoms with Gasteiger partial charge in [-0.05, 0) is 18.1 Å². The zero-order valence-electron chi connectivity index (χ0n) is 12.7. The lowest BCUT2D eigenvalue weighted by atomic mass is 10.2. The molecule has 3 heterocycles. The van der Waals surface area contributed by atoms with Gasteiger partial charge < -0.3 is 0 Å². The number of anilines is 1. The van der Waals surface area contributed by atoms with Crippen LogP contribution in [0.2, 0.25) is 0 Å². The minimum atomic E-state index is -3.67. The molecule has 24 heavy (non-hydrogen) atoms. The first-order chi connectivity index (χ1) is 11.7. The predicted molar refractivity (Wildman–Crippen MR) is 89.9 cm³/mol. The lowest BCUT2D eigenvalue weighted by Gasteiger charge is -2.19. The number of nitrogens with zero attached hydrogens (tertiary/aromatic N) is 4. The highest BCUT2D eigenvalue weighted by atomic mass is 32.2. The van der Waals surface area contributed by atoms with Crippen molar-refractivity contribution < 1.29 is 8.42 Å². The van der Waals surface area contributed by atoms with E-state index in [4.69, 9.17) is 0 Å². The molecule has 2 aromatic heterocycles. The second-order valence-corrected chi connectivity index (χ2v) is 7.30. The van der Waals surface area contributed by atoms with Crippen molar-refractivity contribution in [3.63, 3.8) is 0 Å². The number of hydrogen-bond donors (Lipinski definition) is 0. The molecular formula is C17H14N4O2S. The van der Waals surface area contributed by atoms with Crippen LogP contribution in [0, 0.1) is 0 Å². The van der Waals surface area contributed by atoms with Crippen LogP contribution in [0.5, 0.6) is 0 Å². The zero-order valence-corrected chi connectivity index (χ0v) is 13.5. The summed E-state index contributed by atoms with van der Waals surface area (Å²) in [5, 5.41) is 0. The van der Waals surface area contributed by atoms with E-state index in [0.717, 1.165) is 11.1 Å². The molecule has 4 rings (SSSR count). The van der Waals surface area contributed by atoms with Crippen LogP contribution in [0.15, 0.2) is 66.1 Å². The zero-order chi connectivity index (χ0) is 16.6. The molecule has 0 aliphatic carbocycles. The Bertz CT molecular complexity index is 973. The van der Waals surface area contributed by atoms with Gasteiger partial charge in [-0.2, -0.15) is 0 Å². The van der Waals surface area contributed by atoms with E-state index in [-0.39, 0.29) is 4.90 Å². The van der Waals surface area contributed by atoms with Gasteiger partial charge in [0.05, 0.1) is 18.1 Å². The van der Waals surface area contributed by atoms with Crippen LogP contribution in [0.4, 0.5) is 5.69 Å². The van der Waals surface area contributed by atoms with Crippen LogP contribution in [0.1, 0.15) is 5.56 Å². The lowest BCUT2D eigenvalue weighted by Crippen LogP contribution is -2.29. The summed E-state index contributed by atoms with van der Waals surface area (Å²) in [5.41, 5.74) is 2.46. The quantitative estimate of drug-likeness (QED) is 0.732. The molecule has 1 aromatic carbocycles. The second kappa shape index (κ2) is 5.68. The maximum Gasteiger partial charge on any atom is 0.267 e. The van der Waals surface area contributed by atoms with Crippen LogP contribution < -0.4 is 4.31 Å². The van der Waals surface area contributed by atoms with Gasteiger partial charge in [-0.3, -0.25) is 9.29 Å². The lowest BCUT2D eigenvalue weighted by molar-refractivity contribution is 0.591. The van der Waals surface area contributed by atoms with Crippen molar-refractivity contribution >= 4 is 15.7 Å². The Labute approximate surface area is 139 Å². The first kappa shape index (κ1) is 14.8. The van der Waals surface area contributed by atoms with Gasteiger partial charge in [-0.1, -0.05) is 30.3 Å². The van der Waals surface area contributed by atoms with Gasteiger partial charge in [0.15, 0.2) is 5.82 Å². The summed E-state index contributed by atoms with van der Waals surface area (Å²) in [5.74, 6) is 0.501. The van der Waals surface area contributed by atoms with Crippen molar-refractivity contribution in [1.29, 1.82) is 0 Å². The van der Waals surface area contributed by atoms with Crippen molar-refractivity contribution in [2.24, 2.45) is 0 Å². The Hall–Kier alpha value is -2.80. The molecule has 0 atom stereocenters. The van der Waals surface area contributed by atoms with Gasteiger partial charge in [0.2, 0.25) is 0 Å². The number of benzene rings is 1. The van der Waals surface area contributed by atoms with E-state index in [9.17, 15) is 8.42 Å². The predicted octanol–water partition coefficient (Wildman–Crippen LogP) is 2.29. The molecule has 0 N–H and O–H groups in total. The van der Waals surface area contributed by atoms with Gasteiger partial charge in [-0.15, -0.1) is 0 Å². The van der Waals surface area contributed by atoms with Gasteiger partial charge in [0.1, 0.15) is 4.90 Å². The summed E-state index contributed by atoms with van der Waals surface area (Å²) in [4.78, 5) is 12.6. The third-order valence-electron chi connectivity index (χ3n) is 3.98. The summed E-state index contributed by atoms with van der Waals surface area (Å²) in [6, 6.07) is 11.2. The van der Waals surface area contributed by atoms with Crippen molar-refractivity contribution in [3.8, 4) is 11.4 Å². The molecule has 1 aliphatic rings. The fourth-order valence-electron chi connectivity index (χ4n) is 2.76. The summed E-state index contributed by atoms with van der Waals surface area (Å²) < 4.78 is 27.1. The first-order valence-corrected chi connectivity index (χ1v) is 8.93. The molecule has 0 amide bonds. The minimum absolute atomic E-state index is 0.0897. The second-order valence-electron chi connectivity index (χ2n) is 5.44. The van der Waals surface area contributed by atoms with Crippen molar-refractivity contribution in [3.05, 3.63) is 66.7 Å². The van der Waals surface area contributed by atoms with Crippen LogP contribution in [0.3, 0.4) is 0 Å². The molecule has 0 bridgehead atoms. The van der Waals surface area contributed by atoms with E-state index in [2.05, 4.69) is 15.0 Å². The Morgan fingerprint density at radius 2 is 1.71 bits per heavy atom. The molecule has 0 spiro atoms. The number of aromatic nitrogens is 3. The normalized spacial score (nSPS) is 13.8. The number of sulfonamides is 1. The van der Waals surface area contributed by atoms with E-state index in [1.54, 1.807) is 18.5 Å². The Kier molecular flexibility index (Phi) is 3.50. The summed E-state index contributed by atoms with van der Waals surface area (Å²) in [6.07, 6.45) is 6.70. The van der Waals surface area contributed by atoms with Crippen LogP contribution in [-0.4, -0.2) is 29.9 Å². The van der Waals surface area contributed by atoms with Crippen LogP contribution in [-0.2, 0) is 16.4 Å². The highest BCUT2D eigenvalue weighted by molar-refractivity contribution is 7.92. The van der Waals surface area contributed by atoms with E-state index < -0.39 is 10.0 Å². The summed E-state index contributed by atoms with van der Waals surface area (Å²) in [7, 11) is -3.67. The molecule has 0 unspecified atom stereocenters. The van der Waals surface area contributed by atoms with E-state index in [1.165, 1.54) is 16.7 Å². The van der Waals surface area contributed by atoms with Crippen LogP contribution in [0.25, 0.3) is 11.4 Å². The van der Waals surface area contributed by atoms with E-state index >= 15 is 0 Å². The standard InChI is InChI=1S/C17H14N4O2S/c22-24(23,21-9-7-14-10-18-8-6-16(14)21)15-11-19-17(20-12-15)13-4-2-1-3-5-13/h1-6,8,10-12H,7,9H2. The topological polar surface area (TPSA) is 76.1 Å². The van der Waals surface area contributed by atoms with Gasteiger partial charge in [0, 0.05) is 24.5 Å². The van der Waals surface area contributed by atoms with Gasteiger partial charge >= 0.3 is 0 Å². The molecule has 7 heteroatoms. The fraction of sp³-hybridized carbons (Fsp3) is 0.118. The average Bonchev–Trinajstić information content (AvgIpc) is 3.07. The Balaban J connectivity index is 1.69. The number of pyridine rings is 1. The average molecular weight is 338 g/mol. The molecule has 0 radical (unpaired) electrons. The summed E-state index contributed by atoms with van der Waals surface area (Å²) >= 11 is 0. The third kappa shape index (κ3) is 2.43. The molecule has 0 saturated carbocycles. The van der Waals surface area contributed by atoms with E-state index in [0.29, 0.717) is 24.5 Å². The Morgan fingerprint density at radius 3 is 2.46 bits per heavy atom. The van der Waals surface area contributed by atoms with Crippen molar-refractivity contribution in [1.82, 2.24) is 15.0 Å². The number of fused-ring (bicyclic) bond motifs is 1. The van der Waals surface area contributed by atoms with Gasteiger partial charge in [-0.25, -0.2) is 18.4 Å². The highest BCUT2D eigenvalue weighted by Crippen LogP contribution is 2.31. The smallest absolute Gasteiger partial charge is 0.266 e. The SMILES string of the molecule is O=S(=O)(c1cnc(-c2ccccc2)nc1)N1CCc2cnccc21. The Morgan fingerprint density at radius 1 is 0.958 bits per heavy atom.